The van der Waals surface area contributed by atoms with Gasteiger partial charge in [-0.05, 0) is 19.8 Å². The number of carbonyl (C=O) groups is 1. The molecular formula is C17H22N6O2S. The molecule has 0 unspecified atom stereocenters. The van der Waals surface area contributed by atoms with Crippen LogP contribution in [0.4, 0.5) is 5.13 Å². The van der Waals surface area contributed by atoms with Gasteiger partial charge in [0.25, 0.3) is 0 Å². The smallest absolute Gasteiger partial charge is 0.358 e. The van der Waals surface area contributed by atoms with Gasteiger partial charge in [-0.25, -0.2) is 19.3 Å². The van der Waals surface area contributed by atoms with Gasteiger partial charge in [-0.3, -0.25) is 0 Å². The highest BCUT2D eigenvalue weighted by molar-refractivity contribution is 7.20. The zero-order valence-electron chi connectivity index (χ0n) is 14.7. The predicted octanol–water partition coefficient (Wildman–Crippen LogP) is 2.93. The molecule has 9 heteroatoms. The highest BCUT2D eigenvalue weighted by atomic mass is 32.1. The van der Waals surface area contributed by atoms with Gasteiger partial charge in [-0.2, -0.15) is 0 Å². The SMILES string of the molecule is CCOC(=O)c1cn(CCNc2nn3cc(C4CCCC4)nc3s2)cn1. The first-order valence-electron chi connectivity index (χ1n) is 9.02. The first kappa shape index (κ1) is 17.0. The zero-order chi connectivity index (χ0) is 17.9. The number of imidazole rings is 2. The number of hydrogen-bond acceptors (Lipinski definition) is 7. The van der Waals surface area contributed by atoms with Gasteiger partial charge in [0.05, 0.1) is 24.8 Å². The van der Waals surface area contributed by atoms with Crippen LogP contribution < -0.4 is 5.32 Å². The number of ether oxygens (including phenoxy) is 1. The maximum atomic E-state index is 11.6. The number of hydrogen-bond donors (Lipinski definition) is 1. The average Bonchev–Trinajstić information content (AvgIpc) is 3.38. The molecule has 0 aliphatic heterocycles. The first-order valence-corrected chi connectivity index (χ1v) is 9.83. The monoisotopic (exact) mass is 374 g/mol. The van der Waals surface area contributed by atoms with Gasteiger partial charge in [0.2, 0.25) is 10.1 Å². The molecule has 0 bridgehead atoms. The van der Waals surface area contributed by atoms with Crippen LogP contribution in [0.1, 0.15) is 54.7 Å². The third-order valence-corrected chi connectivity index (χ3v) is 5.48. The molecule has 3 aromatic heterocycles. The summed E-state index contributed by atoms with van der Waals surface area (Å²) >= 11 is 1.56. The summed E-state index contributed by atoms with van der Waals surface area (Å²) in [5, 5.41) is 8.70. The normalized spacial score (nSPS) is 15.0. The highest BCUT2D eigenvalue weighted by Gasteiger charge is 2.21. The zero-order valence-corrected chi connectivity index (χ0v) is 15.5. The third-order valence-electron chi connectivity index (χ3n) is 4.60. The molecule has 1 fully saturated rings. The summed E-state index contributed by atoms with van der Waals surface area (Å²) in [5.74, 6) is 0.216. The molecule has 0 aromatic carbocycles. The van der Waals surface area contributed by atoms with Crippen LogP contribution in [-0.4, -0.2) is 43.3 Å². The van der Waals surface area contributed by atoms with E-state index in [1.54, 1.807) is 30.8 Å². The molecule has 3 heterocycles. The van der Waals surface area contributed by atoms with Gasteiger partial charge in [0.1, 0.15) is 0 Å². The molecule has 0 saturated heterocycles. The molecule has 0 atom stereocenters. The van der Waals surface area contributed by atoms with Crippen LogP contribution >= 0.6 is 11.3 Å². The Labute approximate surface area is 155 Å². The topological polar surface area (TPSA) is 86.3 Å². The van der Waals surface area contributed by atoms with Crippen molar-refractivity contribution in [3.8, 4) is 0 Å². The number of nitrogens with zero attached hydrogens (tertiary/aromatic N) is 5. The molecule has 1 N–H and O–H groups in total. The molecule has 4 rings (SSSR count). The number of fused-ring (bicyclic) bond motifs is 1. The Morgan fingerprint density at radius 2 is 2.23 bits per heavy atom. The summed E-state index contributed by atoms with van der Waals surface area (Å²) in [6.45, 7) is 3.49. The number of nitrogens with one attached hydrogen (secondary N) is 1. The Kier molecular flexibility index (Phi) is 4.87. The maximum absolute atomic E-state index is 11.6. The van der Waals surface area contributed by atoms with E-state index in [4.69, 9.17) is 9.72 Å². The van der Waals surface area contributed by atoms with Crippen LogP contribution in [0.5, 0.6) is 0 Å². The van der Waals surface area contributed by atoms with Crippen LogP contribution in [-0.2, 0) is 11.3 Å². The maximum Gasteiger partial charge on any atom is 0.358 e. The highest BCUT2D eigenvalue weighted by Crippen LogP contribution is 2.34. The minimum absolute atomic E-state index is 0.332. The van der Waals surface area contributed by atoms with Crippen molar-refractivity contribution in [2.24, 2.45) is 0 Å². The van der Waals surface area contributed by atoms with Crippen molar-refractivity contribution in [3.05, 3.63) is 30.1 Å². The lowest BCUT2D eigenvalue weighted by molar-refractivity contribution is 0.0520. The Bertz CT molecular complexity index is 861. The van der Waals surface area contributed by atoms with E-state index in [0.29, 0.717) is 31.3 Å². The fraction of sp³-hybridized carbons (Fsp3) is 0.529. The fourth-order valence-electron chi connectivity index (χ4n) is 3.29. The van der Waals surface area contributed by atoms with Gasteiger partial charge in [0, 0.05) is 25.2 Å². The molecule has 0 amide bonds. The molecule has 8 nitrogen and oxygen atoms in total. The standard InChI is InChI=1S/C17H22N6O2S/c1-2-25-15(24)14-9-22(11-19-14)8-7-18-16-21-23-10-13(20-17(23)26-16)12-5-3-4-6-12/h9-12H,2-8H2,1H3,(H,18,21). The third kappa shape index (κ3) is 3.57. The van der Waals surface area contributed by atoms with Crippen molar-refractivity contribution >= 4 is 27.4 Å². The molecule has 138 valence electrons. The molecular weight excluding hydrogens is 352 g/mol. The average molecular weight is 374 g/mol. The Morgan fingerprint density at radius 1 is 1.38 bits per heavy atom. The predicted molar refractivity (Wildman–Crippen MR) is 98.7 cm³/mol. The lowest BCUT2D eigenvalue weighted by Crippen LogP contribution is -2.09. The van der Waals surface area contributed by atoms with Crippen molar-refractivity contribution in [2.45, 2.75) is 45.1 Å². The second-order valence-electron chi connectivity index (χ2n) is 6.43. The lowest BCUT2D eigenvalue weighted by Gasteiger charge is -2.03. The van der Waals surface area contributed by atoms with Crippen LogP contribution in [0.15, 0.2) is 18.7 Å². The molecule has 0 radical (unpaired) electrons. The number of esters is 1. The molecule has 1 aliphatic rings. The van der Waals surface area contributed by atoms with Gasteiger partial charge in [-0.1, -0.05) is 24.2 Å². The van der Waals surface area contributed by atoms with Crippen molar-refractivity contribution < 1.29 is 9.53 Å². The van der Waals surface area contributed by atoms with E-state index >= 15 is 0 Å². The van der Waals surface area contributed by atoms with E-state index in [-0.39, 0.29) is 0 Å². The fourth-order valence-corrected chi connectivity index (χ4v) is 4.11. The van der Waals surface area contributed by atoms with Crippen molar-refractivity contribution in [1.82, 2.24) is 24.1 Å². The summed E-state index contributed by atoms with van der Waals surface area (Å²) in [6.07, 6.45) is 10.5. The summed E-state index contributed by atoms with van der Waals surface area (Å²) in [7, 11) is 0. The van der Waals surface area contributed by atoms with E-state index in [2.05, 4.69) is 21.6 Å². The van der Waals surface area contributed by atoms with E-state index in [9.17, 15) is 4.79 Å². The number of carbonyl (C=O) groups excluding carboxylic acids is 1. The molecule has 3 aromatic rings. The second-order valence-corrected chi connectivity index (χ2v) is 7.38. The Balaban J connectivity index is 1.32. The van der Waals surface area contributed by atoms with Crippen molar-refractivity contribution in [2.75, 3.05) is 18.5 Å². The van der Waals surface area contributed by atoms with E-state index in [0.717, 1.165) is 10.1 Å². The molecule has 1 saturated carbocycles. The van der Waals surface area contributed by atoms with Gasteiger partial charge < -0.3 is 14.6 Å². The quantitative estimate of drug-likeness (QED) is 0.640. The van der Waals surface area contributed by atoms with Crippen LogP contribution in [0, 0.1) is 0 Å². The number of aromatic nitrogens is 5. The summed E-state index contributed by atoms with van der Waals surface area (Å²) < 4.78 is 8.67. The van der Waals surface area contributed by atoms with Crippen molar-refractivity contribution in [3.63, 3.8) is 0 Å². The van der Waals surface area contributed by atoms with E-state index < -0.39 is 5.97 Å². The largest absolute Gasteiger partial charge is 0.461 e. The molecule has 0 spiro atoms. The minimum Gasteiger partial charge on any atom is -0.461 e. The molecule has 1 aliphatic carbocycles. The van der Waals surface area contributed by atoms with E-state index in [1.807, 2.05) is 9.08 Å². The summed E-state index contributed by atoms with van der Waals surface area (Å²) in [6, 6.07) is 0. The Hall–Kier alpha value is -2.42. The van der Waals surface area contributed by atoms with Crippen LogP contribution in [0.25, 0.3) is 4.96 Å². The van der Waals surface area contributed by atoms with Gasteiger partial charge in [-0.15, -0.1) is 5.10 Å². The van der Waals surface area contributed by atoms with Gasteiger partial charge in [0.15, 0.2) is 5.69 Å². The van der Waals surface area contributed by atoms with Crippen LogP contribution in [0.3, 0.4) is 0 Å². The first-order chi connectivity index (χ1) is 12.7. The number of rotatable bonds is 7. The minimum atomic E-state index is -0.390. The second kappa shape index (κ2) is 7.45. The van der Waals surface area contributed by atoms with E-state index in [1.165, 1.54) is 31.4 Å². The number of anilines is 1. The summed E-state index contributed by atoms with van der Waals surface area (Å²) in [5.41, 5.74) is 1.51. The summed E-state index contributed by atoms with van der Waals surface area (Å²) in [4.78, 5) is 21.3. The van der Waals surface area contributed by atoms with Crippen LogP contribution in [0.2, 0.25) is 0 Å². The molecule has 26 heavy (non-hydrogen) atoms. The lowest BCUT2D eigenvalue weighted by atomic mass is 10.1. The van der Waals surface area contributed by atoms with Crippen molar-refractivity contribution in [1.29, 1.82) is 0 Å². The van der Waals surface area contributed by atoms with Gasteiger partial charge >= 0.3 is 5.97 Å². The Morgan fingerprint density at radius 3 is 3.00 bits per heavy atom.